The number of benzene rings is 2. The summed E-state index contributed by atoms with van der Waals surface area (Å²) in [5, 5.41) is 13.0. The zero-order valence-corrected chi connectivity index (χ0v) is 33.1. The molecule has 5 saturated carbocycles. The Bertz CT molecular complexity index is 2210. The zero-order valence-electron chi connectivity index (χ0n) is 33.1. The molecule has 6 aliphatic rings. The van der Waals surface area contributed by atoms with Gasteiger partial charge in [0.25, 0.3) is 5.91 Å². The molecule has 15 heteroatoms. The number of anilines is 2. The molecule has 9 rings (SSSR count). The first-order valence-corrected chi connectivity index (χ1v) is 21.0. The highest BCUT2D eigenvalue weighted by molar-refractivity contribution is 6.06. The molecule has 1 aliphatic heterocycles. The molecule has 3 amide bonds. The minimum Gasteiger partial charge on any atom is -0.480 e. The molecule has 2 heterocycles. The Balaban J connectivity index is 0.938. The molecule has 60 heavy (non-hydrogen) atoms. The second-order valence-electron chi connectivity index (χ2n) is 17.1. The van der Waals surface area contributed by atoms with Crippen molar-refractivity contribution >= 4 is 35.0 Å². The summed E-state index contributed by atoms with van der Waals surface area (Å²) in [7, 11) is 1.41. The Kier molecular flexibility index (Phi) is 10.8. The number of para-hydroxylation sites is 1. The van der Waals surface area contributed by atoms with Gasteiger partial charge >= 0.3 is 12.3 Å². The second kappa shape index (κ2) is 16.2. The van der Waals surface area contributed by atoms with Crippen LogP contribution < -0.4 is 20.7 Å². The number of nitrogens with zero attached hydrogens (tertiary/aromatic N) is 2. The van der Waals surface area contributed by atoms with Crippen molar-refractivity contribution in [2.24, 2.45) is 46.6 Å². The third-order valence-electron chi connectivity index (χ3n) is 13.4. The van der Waals surface area contributed by atoms with E-state index in [9.17, 15) is 31.9 Å². The van der Waals surface area contributed by atoms with Gasteiger partial charge in [-0.25, -0.2) is 14.2 Å². The van der Waals surface area contributed by atoms with Gasteiger partial charge in [-0.15, -0.1) is 0 Å². The van der Waals surface area contributed by atoms with E-state index in [1.165, 1.54) is 7.11 Å². The van der Waals surface area contributed by atoms with Crippen LogP contribution in [0.25, 0.3) is 0 Å². The molecule has 3 N–H and O–H groups in total. The molecule has 11 nitrogen and oxygen atoms in total. The number of pyridine rings is 1. The summed E-state index contributed by atoms with van der Waals surface area (Å²) >= 11 is 0. The molecule has 8 atom stereocenters. The molecule has 0 spiro atoms. The van der Waals surface area contributed by atoms with Gasteiger partial charge in [0.1, 0.15) is 23.6 Å². The summed E-state index contributed by atoms with van der Waals surface area (Å²) in [5.74, 6) is -3.07. The van der Waals surface area contributed by atoms with Crippen LogP contribution in [0.15, 0.2) is 77.6 Å². The molecule has 3 aromatic rings. The zero-order chi connectivity index (χ0) is 41.7. The Morgan fingerprint density at radius 1 is 0.883 bits per heavy atom. The van der Waals surface area contributed by atoms with Gasteiger partial charge in [0.2, 0.25) is 11.8 Å². The number of oxime groups is 1. The van der Waals surface area contributed by atoms with Crippen LogP contribution in [0.3, 0.4) is 0 Å². The Labute approximate surface area is 344 Å². The standard InChI is InChI=1S/C45H47F4N5O6/c1-58-43-33(19-26(22-50-43)38-32-18-25(20-36(32)60-54-38)40(24-11-12-24)59-44(57)52-27-9-3-2-4-10-27)41(55)53-39-30-15-14-29(31(30)17-23-7-5-6-8-23)37(39)42(56)51-28-13-16-35(46)34(21-28)45(47,48)49/h2-4,9-10,13,16-17,19,21-25,29-30,32,36-37,39-40H,5-8,11-12,14-15,18,20H2,1H3,(H,51,56)(H,52,57)(H,53,55)/b31-17-/t25?,29?,30?,32?,36?,37-,39+,40?/m0/s1. The molecule has 5 aliphatic carbocycles. The van der Waals surface area contributed by atoms with Crippen LogP contribution in [0.1, 0.15) is 85.7 Å². The number of nitrogens with one attached hydrogen (secondary N) is 3. The summed E-state index contributed by atoms with van der Waals surface area (Å²) < 4.78 is 66.5. The lowest BCUT2D eigenvalue weighted by atomic mass is 9.83. The van der Waals surface area contributed by atoms with E-state index in [4.69, 9.17) is 14.3 Å². The second-order valence-corrected chi connectivity index (χ2v) is 17.1. The van der Waals surface area contributed by atoms with Crippen molar-refractivity contribution in [2.45, 2.75) is 88.6 Å². The summed E-state index contributed by atoms with van der Waals surface area (Å²) in [5.41, 5.74) is 1.43. The molecule has 2 bridgehead atoms. The van der Waals surface area contributed by atoms with Crippen molar-refractivity contribution in [3.8, 4) is 5.88 Å². The molecule has 316 valence electrons. The fourth-order valence-corrected chi connectivity index (χ4v) is 10.6. The molecule has 1 aromatic heterocycles. The number of hydrogen-bond donors (Lipinski definition) is 3. The smallest absolute Gasteiger partial charge is 0.419 e. The molecular weight excluding hydrogens is 783 g/mol. The average Bonchev–Trinajstić information content (AvgIpc) is 3.59. The van der Waals surface area contributed by atoms with E-state index in [1.54, 1.807) is 24.4 Å². The highest BCUT2D eigenvalue weighted by Gasteiger charge is 2.55. The number of alkyl halides is 3. The first-order chi connectivity index (χ1) is 28.9. The first-order valence-electron chi connectivity index (χ1n) is 21.0. The molecule has 2 aromatic carbocycles. The van der Waals surface area contributed by atoms with Gasteiger partial charge in [-0.3, -0.25) is 14.9 Å². The lowest BCUT2D eigenvalue weighted by molar-refractivity contribution is -0.140. The van der Waals surface area contributed by atoms with Crippen LogP contribution in [0.4, 0.5) is 33.7 Å². The van der Waals surface area contributed by atoms with Crippen LogP contribution in [0.2, 0.25) is 0 Å². The Hall–Kier alpha value is -5.47. The normalized spacial score (nSPS) is 28.2. The summed E-state index contributed by atoms with van der Waals surface area (Å²) in [4.78, 5) is 51.9. The minimum absolute atomic E-state index is 0.0378. The van der Waals surface area contributed by atoms with E-state index in [0.717, 1.165) is 56.6 Å². The van der Waals surface area contributed by atoms with Crippen LogP contribution in [0, 0.1) is 47.2 Å². The summed E-state index contributed by atoms with van der Waals surface area (Å²) in [6.07, 6.45) is 6.88. The number of fused-ring (bicyclic) bond motifs is 3. The van der Waals surface area contributed by atoms with E-state index in [2.05, 4.69) is 32.2 Å². The van der Waals surface area contributed by atoms with Crippen molar-refractivity contribution in [3.05, 3.63) is 95.0 Å². The van der Waals surface area contributed by atoms with Crippen LogP contribution in [-0.4, -0.2) is 54.0 Å². The van der Waals surface area contributed by atoms with E-state index in [1.807, 2.05) is 18.2 Å². The number of aromatic nitrogens is 1. The SMILES string of the molecule is COc1ncc(C2=NOC3CC(C(OC(=O)Nc4ccccc4)C4CC4)CC23)cc1C(=O)N[C@@H]1C2CCC(/C2=C/C2CCCC2)[C@@H]1C(=O)Nc1ccc(F)c(C(F)(F)F)c1. The van der Waals surface area contributed by atoms with Crippen LogP contribution in [0.5, 0.6) is 5.88 Å². The Morgan fingerprint density at radius 2 is 1.65 bits per heavy atom. The fourth-order valence-electron chi connectivity index (χ4n) is 10.6. The number of rotatable bonds is 11. The highest BCUT2D eigenvalue weighted by Crippen LogP contribution is 2.54. The van der Waals surface area contributed by atoms with Crippen LogP contribution in [-0.2, 0) is 20.5 Å². The fraction of sp³-hybridized carbons (Fsp3) is 0.489. The van der Waals surface area contributed by atoms with Crippen LogP contribution >= 0.6 is 0 Å². The van der Waals surface area contributed by atoms with Gasteiger partial charge in [-0.05, 0) is 106 Å². The topological polar surface area (TPSA) is 140 Å². The largest absolute Gasteiger partial charge is 0.480 e. The van der Waals surface area contributed by atoms with Crippen molar-refractivity contribution in [1.82, 2.24) is 10.3 Å². The number of methoxy groups -OCH3 is 1. The molecule has 5 fully saturated rings. The molecule has 0 radical (unpaired) electrons. The van der Waals surface area contributed by atoms with Crippen molar-refractivity contribution in [2.75, 3.05) is 17.7 Å². The Morgan fingerprint density at radius 3 is 2.38 bits per heavy atom. The third-order valence-corrected chi connectivity index (χ3v) is 13.4. The van der Waals surface area contributed by atoms with Gasteiger partial charge in [0, 0.05) is 46.9 Å². The third kappa shape index (κ3) is 7.94. The number of carbonyl (C=O) groups excluding carboxylic acids is 3. The van der Waals surface area contributed by atoms with Crippen molar-refractivity contribution in [1.29, 1.82) is 0 Å². The number of halogens is 4. The quantitative estimate of drug-likeness (QED) is 0.130. The van der Waals surface area contributed by atoms with Gasteiger partial charge in [-0.2, -0.15) is 13.2 Å². The van der Waals surface area contributed by atoms with Gasteiger partial charge in [0.05, 0.1) is 24.3 Å². The molecular formula is C45H47F4N5O6. The maximum absolute atomic E-state index is 14.4. The van der Waals surface area contributed by atoms with E-state index in [0.29, 0.717) is 54.3 Å². The first kappa shape index (κ1) is 40.0. The lowest BCUT2D eigenvalue weighted by Gasteiger charge is -2.30. The maximum atomic E-state index is 14.4. The molecule has 0 saturated heterocycles. The predicted octanol–water partition coefficient (Wildman–Crippen LogP) is 8.91. The highest BCUT2D eigenvalue weighted by atomic mass is 19.4. The number of allylic oxidation sites excluding steroid dienone is 1. The van der Waals surface area contributed by atoms with Gasteiger partial charge in [-0.1, -0.05) is 47.8 Å². The predicted molar refractivity (Wildman–Crippen MR) is 213 cm³/mol. The van der Waals surface area contributed by atoms with Gasteiger partial charge in [0.15, 0.2) is 0 Å². The maximum Gasteiger partial charge on any atom is 0.419 e. The average molecular weight is 830 g/mol. The number of ether oxygens (including phenoxy) is 2. The monoisotopic (exact) mass is 829 g/mol. The number of carbonyl (C=O) groups is 3. The van der Waals surface area contributed by atoms with Crippen molar-refractivity contribution < 1.29 is 46.3 Å². The lowest BCUT2D eigenvalue weighted by Crippen LogP contribution is -2.48. The van der Waals surface area contributed by atoms with E-state index >= 15 is 0 Å². The van der Waals surface area contributed by atoms with E-state index in [-0.39, 0.29) is 58.9 Å². The summed E-state index contributed by atoms with van der Waals surface area (Å²) in [6, 6.07) is 12.5. The number of hydrogen-bond acceptors (Lipinski definition) is 8. The number of amides is 3. The minimum atomic E-state index is -4.95. The summed E-state index contributed by atoms with van der Waals surface area (Å²) in [6.45, 7) is 0. The van der Waals surface area contributed by atoms with Gasteiger partial charge < -0.3 is 24.9 Å². The molecule has 6 unspecified atom stereocenters. The van der Waals surface area contributed by atoms with E-state index < -0.39 is 47.4 Å². The van der Waals surface area contributed by atoms with Crippen molar-refractivity contribution in [3.63, 3.8) is 0 Å².